The van der Waals surface area contributed by atoms with Crippen LogP contribution in [0.15, 0.2) is 30.5 Å². The van der Waals surface area contributed by atoms with Crippen LogP contribution in [0.3, 0.4) is 0 Å². The van der Waals surface area contributed by atoms with Crippen LogP contribution in [0.25, 0.3) is 10.9 Å². The number of aromatic amines is 1. The molecule has 4 bridgehead atoms. The summed E-state index contributed by atoms with van der Waals surface area (Å²) < 4.78 is 0. The predicted molar refractivity (Wildman–Crippen MR) is 95.7 cm³/mol. The third-order valence-corrected chi connectivity index (χ3v) is 6.74. The molecular weight excluding hydrogens is 296 g/mol. The Hall–Kier alpha value is -1.77. The van der Waals surface area contributed by atoms with Crippen LogP contribution in [-0.4, -0.2) is 16.4 Å². The average Bonchev–Trinajstić information content (AvgIpc) is 2.94. The molecule has 0 saturated heterocycles. The van der Waals surface area contributed by atoms with Gasteiger partial charge in [0.05, 0.1) is 0 Å². The van der Waals surface area contributed by atoms with Gasteiger partial charge < -0.3 is 10.3 Å². The second kappa shape index (κ2) is 5.37. The van der Waals surface area contributed by atoms with E-state index in [-0.39, 0.29) is 11.4 Å². The van der Waals surface area contributed by atoms with Crippen molar-refractivity contribution in [1.82, 2.24) is 10.3 Å². The maximum Gasteiger partial charge on any atom is 0.220 e. The number of aryl methyl sites for hydroxylation is 1. The van der Waals surface area contributed by atoms with E-state index >= 15 is 0 Å². The highest BCUT2D eigenvalue weighted by Gasteiger charge is 2.51. The zero-order valence-corrected chi connectivity index (χ0v) is 14.2. The lowest BCUT2D eigenvalue weighted by Gasteiger charge is -2.56. The number of rotatable bonds is 4. The summed E-state index contributed by atoms with van der Waals surface area (Å²) in [5.74, 6) is 2.89. The molecule has 1 aromatic carbocycles. The molecule has 3 nitrogen and oxygen atoms in total. The van der Waals surface area contributed by atoms with Crippen LogP contribution in [-0.2, 0) is 11.2 Å². The van der Waals surface area contributed by atoms with Crippen molar-refractivity contribution in [2.75, 3.05) is 0 Å². The zero-order valence-electron chi connectivity index (χ0n) is 14.2. The standard InChI is InChI=1S/C21H26N2O/c24-20(6-5-17-13-22-19-4-2-1-3-18(17)19)23-21-10-14-7-15(11-21)9-16(8-14)12-21/h1-4,13-16,22H,5-12H2,(H,23,24). The van der Waals surface area contributed by atoms with Crippen LogP contribution >= 0.6 is 0 Å². The number of nitrogens with one attached hydrogen (secondary N) is 2. The minimum Gasteiger partial charge on any atom is -0.361 e. The number of carbonyl (C=O) groups is 1. The topological polar surface area (TPSA) is 44.9 Å². The van der Waals surface area contributed by atoms with E-state index in [4.69, 9.17) is 0 Å². The van der Waals surface area contributed by atoms with Crippen molar-refractivity contribution in [3.63, 3.8) is 0 Å². The number of fused-ring (bicyclic) bond motifs is 1. The van der Waals surface area contributed by atoms with Crippen molar-refractivity contribution in [2.24, 2.45) is 17.8 Å². The molecule has 4 saturated carbocycles. The molecule has 24 heavy (non-hydrogen) atoms. The van der Waals surface area contributed by atoms with Crippen molar-refractivity contribution in [1.29, 1.82) is 0 Å². The molecule has 0 aliphatic heterocycles. The lowest BCUT2D eigenvalue weighted by atomic mass is 9.53. The monoisotopic (exact) mass is 322 g/mol. The molecule has 4 aliphatic carbocycles. The first kappa shape index (κ1) is 14.6. The number of para-hydroxylation sites is 1. The molecule has 6 rings (SSSR count). The van der Waals surface area contributed by atoms with Gasteiger partial charge in [0, 0.05) is 29.1 Å². The molecule has 0 radical (unpaired) electrons. The van der Waals surface area contributed by atoms with Crippen molar-refractivity contribution in [3.8, 4) is 0 Å². The molecule has 0 spiro atoms. The van der Waals surface area contributed by atoms with Gasteiger partial charge in [-0.2, -0.15) is 0 Å². The highest BCUT2D eigenvalue weighted by molar-refractivity contribution is 5.84. The molecule has 0 unspecified atom stereocenters. The van der Waals surface area contributed by atoms with Gasteiger partial charge in [-0.15, -0.1) is 0 Å². The van der Waals surface area contributed by atoms with Crippen LogP contribution in [0.5, 0.6) is 0 Å². The van der Waals surface area contributed by atoms with Crippen molar-refractivity contribution >= 4 is 16.8 Å². The Morgan fingerprint density at radius 3 is 2.46 bits per heavy atom. The lowest BCUT2D eigenvalue weighted by Crippen LogP contribution is -2.59. The summed E-state index contributed by atoms with van der Waals surface area (Å²) in [6.45, 7) is 0. The Labute approximate surface area is 143 Å². The van der Waals surface area contributed by atoms with E-state index in [9.17, 15) is 4.79 Å². The molecule has 2 N–H and O–H groups in total. The van der Waals surface area contributed by atoms with Gasteiger partial charge in [-0.05, 0) is 74.3 Å². The van der Waals surface area contributed by atoms with Gasteiger partial charge in [0.2, 0.25) is 5.91 Å². The van der Waals surface area contributed by atoms with Gasteiger partial charge in [-0.1, -0.05) is 18.2 Å². The number of hydrogen-bond donors (Lipinski definition) is 2. The molecule has 4 aliphatic rings. The highest BCUT2D eigenvalue weighted by Crippen LogP contribution is 2.55. The molecule has 1 heterocycles. The third kappa shape index (κ3) is 2.45. The zero-order chi connectivity index (χ0) is 16.1. The SMILES string of the molecule is O=C(CCc1c[nH]c2ccccc12)NC12CC3CC(CC(C3)C1)C2. The quantitative estimate of drug-likeness (QED) is 0.871. The summed E-state index contributed by atoms with van der Waals surface area (Å²) in [5.41, 5.74) is 2.56. The van der Waals surface area contributed by atoms with Gasteiger partial charge in [-0.25, -0.2) is 0 Å². The lowest BCUT2D eigenvalue weighted by molar-refractivity contribution is -0.126. The van der Waals surface area contributed by atoms with E-state index < -0.39 is 0 Å². The number of aromatic nitrogens is 1. The van der Waals surface area contributed by atoms with Crippen molar-refractivity contribution in [2.45, 2.75) is 56.9 Å². The van der Waals surface area contributed by atoms with E-state index in [1.54, 1.807) is 0 Å². The highest BCUT2D eigenvalue weighted by atomic mass is 16.1. The van der Waals surface area contributed by atoms with Crippen molar-refractivity contribution in [3.05, 3.63) is 36.0 Å². The van der Waals surface area contributed by atoms with Crippen LogP contribution in [0.2, 0.25) is 0 Å². The summed E-state index contributed by atoms with van der Waals surface area (Å²) in [4.78, 5) is 15.9. The molecule has 0 atom stereocenters. The summed E-state index contributed by atoms with van der Waals surface area (Å²) >= 11 is 0. The summed E-state index contributed by atoms with van der Waals surface area (Å²) in [6, 6.07) is 8.34. The normalized spacial score (nSPS) is 33.9. The fourth-order valence-electron chi connectivity index (χ4n) is 6.21. The number of H-pyrrole nitrogens is 1. The molecule has 1 amide bonds. The molecule has 3 heteroatoms. The Balaban J connectivity index is 1.25. The van der Waals surface area contributed by atoms with Gasteiger partial charge in [0.25, 0.3) is 0 Å². The minimum atomic E-state index is 0.145. The van der Waals surface area contributed by atoms with Crippen LogP contribution in [0.1, 0.15) is 50.5 Å². The minimum absolute atomic E-state index is 0.145. The van der Waals surface area contributed by atoms with E-state index in [2.05, 4.69) is 34.7 Å². The Morgan fingerprint density at radius 2 is 1.75 bits per heavy atom. The maximum atomic E-state index is 12.6. The van der Waals surface area contributed by atoms with Gasteiger partial charge in [-0.3, -0.25) is 4.79 Å². The second-order valence-electron chi connectivity index (χ2n) is 8.61. The van der Waals surface area contributed by atoms with Crippen LogP contribution in [0, 0.1) is 17.8 Å². The number of hydrogen-bond acceptors (Lipinski definition) is 1. The van der Waals surface area contributed by atoms with Crippen molar-refractivity contribution < 1.29 is 4.79 Å². The first-order valence-corrected chi connectivity index (χ1v) is 9.55. The fourth-order valence-corrected chi connectivity index (χ4v) is 6.21. The van der Waals surface area contributed by atoms with Gasteiger partial charge >= 0.3 is 0 Å². The van der Waals surface area contributed by atoms with E-state index in [1.807, 2.05) is 6.07 Å². The number of amides is 1. The summed E-state index contributed by atoms with van der Waals surface area (Å²) in [5, 5.41) is 4.74. The van der Waals surface area contributed by atoms with Gasteiger partial charge in [0.15, 0.2) is 0 Å². The number of benzene rings is 1. The van der Waals surface area contributed by atoms with E-state index in [0.29, 0.717) is 6.42 Å². The molecule has 126 valence electrons. The maximum absolute atomic E-state index is 12.6. The molecule has 2 aromatic rings. The van der Waals surface area contributed by atoms with E-state index in [0.717, 1.165) is 29.7 Å². The Kier molecular flexibility index (Phi) is 3.26. The number of carbonyl (C=O) groups excluding carboxylic acids is 1. The second-order valence-corrected chi connectivity index (χ2v) is 8.61. The largest absolute Gasteiger partial charge is 0.361 e. The first-order chi connectivity index (χ1) is 11.7. The first-order valence-electron chi connectivity index (χ1n) is 9.55. The fraction of sp³-hybridized carbons (Fsp3) is 0.571. The Bertz CT molecular complexity index is 740. The smallest absolute Gasteiger partial charge is 0.220 e. The third-order valence-electron chi connectivity index (χ3n) is 6.74. The molecule has 4 fully saturated rings. The predicted octanol–water partition coefficient (Wildman–Crippen LogP) is 4.19. The van der Waals surface area contributed by atoms with E-state index in [1.165, 1.54) is 49.5 Å². The molecule has 1 aromatic heterocycles. The van der Waals surface area contributed by atoms with Gasteiger partial charge in [0.1, 0.15) is 0 Å². The average molecular weight is 322 g/mol. The summed E-state index contributed by atoms with van der Waals surface area (Å²) in [7, 11) is 0. The Morgan fingerprint density at radius 1 is 1.08 bits per heavy atom. The van der Waals surface area contributed by atoms with Crippen LogP contribution < -0.4 is 5.32 Å². The molecular formula is C21H26N2O. The summed E-state index contributed by atoms with van der Waals surface area (Å²) in [6.07, 6.45) is 11.4. The van der Waals surface area contributed by atoms with Crippen LogP contribution in [0.4, 0.5) is 0 Å².